The van der Waals surface area contributed by atoms with Crippen molar-refractivity contribution in [2.45, 2.75) is 20.8 Å². The number of imidazole rings is 1. The molecule has 0 aliphatic carbocycles. The fraction of sp³-hybridized carbons (Fsp3) is 0.273. The Hall–Kier alpha value is -1.16. The van der Waals surface area contributed by atoms with Crippen LogP contribution in [0.15, 0.2) is 16.7 Å². The highest BCUT2D eigenvalue weighted by molar-refractivity contribution is 9.10. The molecule has 2 heterocycles. The van der Waals surface area contributed by atoms with E-state index in [1.165, 1.54) is 0 Å². The fourth-order valence-electron chi connectivity index (χ4n) is 1.71. The van der Waals surface area contributed by atoms with E-state index in [1.54, 1.807) is 13.1 Å². The molecule has 0 fully saturated rings. The van der Waals surface area contributed by atoms with Gasteiger partial charge in [-0.25, -0.2) is 4.98 Å². The minimum absolute atomic E-state index is 0.0290. The van der Waals surface area contributed by atoms with Crippen LogP contribution in [0.5, 0.6) is 0 Å². The van der Waals surface area contributed by atoms with Gasteiger partial charge in [0.2, 0.25) is 0 Å². The van der Waals surface area contributed by atoms with E-state index in [1.807, 2.05) is 24.3 Å². The van der Waals surface area contributed by atoms with Crippen molar-refractivity contribution in [2.24, 2.45) is 0 Å². The standard InChI is InChI=1S/C11H11BrN2O/c1-6-4-10-13-5-9(8(3)15)14(10)7(2)11(6)12/h4-5H,1-3H3. The largest absolute Gasteiger partial charge is 0.293 e. The summed E-state index contributed by atoms with van der Waals surface area (Å²) >= 11 is 3.51. The SMILES string of the molecule is CC(=O)c1cnc2cc(C)c(Br)c(C)n12. The summed E-state index contributed by atoms with van der Waals surface area (Å²) in [5, 5.41) is 0. The van der Waals surface area contributed by atoms with Crippen molar-refractivity contribution in [2.75, 3.05) is 0 Å². The van der Waals surface area contributed by atoms with Crippen LogP contribution in [-0.2, 0) is 0 Å². The van der Waals surface area contributed by atoms with Gasteiger partial charge in [-0.1, -0.05) is 0 Å². The molecule has 0 aromatic carbocycles. The number of aromatic nitrogens is 2. The van der Waals surface area contributed by atoms with Crippen molar-refractivity contribution in [3.8, 4) is 0 Å². The van der Waals surface area contributed by atoms with Crippen LogP contribution in [0, 0.1) is 13.8 Å². The molecule has 0 radical (unpaired) electrons. The molecule has 2 aromatic rings. The molecule has 4 heteroatoms. The van der Waals surface area contributed by atoms with Gasteiger partial charge >= 0.3 is 0 Å². The van der Waals surface area contributed by atoms with Crippen LogP contribution in [0.25, 0.3) is 5.65 Å². The van der Waals surface area contributed by atoms with Gasteiger partial charge in [-0.3, -0.25) is 9.20 Å². The summed E-state index contributed by atoms with van der Waals surface area (Å²) < 4.78 is 2.90. The summed E-state index contributed by atoms with van der Waals surface area (Å²) in [5.41, 5.74) is 3.58. The number of aryl methyl sites for hydroxylation is 2. The summed E-state index contributed by atoms with van der Waals surface area (Å²) in [5.74, 6) is 0.0290. The van der Waals surface area contributed by atoms with E-state index in [9.17, 15) is 4.79 Å². The molecule has 2 rings (SSSR count). The minimum Gasteiger partial charge on any atom is -0.293 e. The lowest BCUT2D eigenvalue weighted by atomic mass is 10.2. The number of carbonyl (C=O) groups is 1. The summed E-state index contributed by atoms with van der Waals surface area (Å²) in [6, 6.07) is 1.96. The summed E-state index contributed by atoms with van der Waals surface area (Å²) in [6.07, 6.45) is 1.62. The van der Waals surface area contributed by atoms with Gasteiger partial charge in [0.15, 0.2) is 5.78 Å². The number of fused-ring (bicyclic) bond motifs is 1. The van der Waals surface area contributed by atoms with E-state index in [0.717, 1.165) is 21.4 Å². The number of hydrogen-bond donors (Lipinski definition) is 0. The average Bonchev–Trinajstić information content (AvgIpc) is 2.58. The monoisotopic (exact) mass is 266 g/mol. The van der Waals surface area contributed by atoms with Crippen molar-refractivity contribution >= 4 is 27.4 Å². The van der Waals surface area contributed by atoms with Crippen molar-refractivity contribution in [3.05, 3.63) is 33.7 Å². The lowest BCUT2D eigenvalue weighted by Crippen LogP contribution is -2.03. The third-order valence-corrected chi connectivity index (χ3v) is 3.69. The highest BCUT2D eigenvalue weighted by Gasteiger charge is 2.12. The number of Topliss-reactive ketones (excluding diaryl/α,β-unsaturated/α-hetero) is 1. The summed E-state index contributed by atoms with van der Waals surface area (Å²) in [7, 11) is 0. The van der Waals surface area contributed by atoms with Crippen LogP contribution in [0.3, 0.4) is 0 Å². The second kappa shape index (κ2) is 3.45. The molecule has 0 spiro atoms. The van der Waals surface area contributed by atoms with Crippen LogP contribution < -0.4 is 0 Å². The first-order valence-electron chi connectivity index (χ1n) is 4.66. The van der Waals surface area contributed by atoms with Crippen molar-refractivity contribution in [1.82, 2.24) is 9.38 Å². The highest BCUT2D eigenvalue weighted by Crippen LogP contribution is 2.24. The molecule has 0 amide bonds. The van der Waals surface area contributed by atoms with E-state index in [0.29, 0.717) is 5.69 Å². The zero-order valence-corrected chi connectivity index (χ0v) is 10.4. The Morgan fingerprint density at radius 3 is 2.73 bits per heavy atom. The van der Waals surface area contributed by atoms with Gasteiger partial charge in [0, 0.05) is 17.1 Å². The molecule has 0 N–H and O–H groups in total. The predicted molar refractivity (Wildman–Crippen MR) is 62.4 cm³/mol. The number of halogens is 1. The third-order valence-electron chi connectivity index (χ3n) is 2.49. The molecule has 0 atom stereocenters. The van der Waals surface area contributed by atoms with E-state index in [-0.39, 0.29) is 5.78 Å². The number of pyridine rings is 1. The maximum absolute atomic E-state index is 11.4. The fourth-order valence-corrected chi connectivity index (χ4v) is 2.00. The van der Waals surface area contributed by atoms with Crippen LogP contribution >= 0.6 is 15.9 Å². The van der Waals surface area contributed by atoms with Crippen LogP contribution in [0.1, 0.15) is 28.7 Å². The number of hydrogen-bond acceptors (Lipinski definition) is 2. The predicted octanol–water partition coefficient (Wildman–Crippen LogP) is 2.92. The molecular formula is C11H11BrN2O. The Morgan fingerprint density at radius 1 is 1.47 bits per heavy atom. The lowest BCUT2D eigenvalue weighted by Gasteiger charge is -2.07. The third kappa shape index (κ3) is 1.49. The molecule has 2 aromatic heterocycles. The van der Waals surface area contributed by atoms with Gasteiger partial charge in [-0.2, -0.15) is 0 Å². The first-order chi connectivity index (χ1) is 7.02. The molecule has 3 nitrogen and oxygen atoms in total. The Kier molecular flexibility index (Phi) is 2.38. The van der Waals surface area contributed by atoms with Gasteiger partial charge in [-0.05, 0) is 41.4 Å². The minimum atomic E-state index is 0.0290. The number of nitrogens with zero attached hydrogens (tertiary/aromatic N) is 2. The Labute approximate surface area is 96.3 Å². The normalized spacial score (nSPS) is 10.9. The molecule has 0 bridgehead atoms. The first-order valence-corrected chi connectivity index (χ1v) is 5.45. The van der Waals surface area contributed by atoms with Gasteiger partial charge in [0.1, 0.15) is 11.3 Å². The van der Waals surface area contributed by atoms with Crippen LogP contribution in [-0.4, -0.2) is 15.2 Å². The Balaban J connectivity index is 2.91. The highest BCUT2D eigenvalue weighted by atomic mass is 79.9. The summed E-state index contributed by atoms with van der Waals surface area (Å²) in [4.78, 5) is 15.6. The maximum atomic E-state index is 11.4. The van der Waals surface area contributed by atoms with Gasteiger partial charge < -0.3 is 0 Å². The van der Waals surface area contributed by atoms with Crippen molar-refractivity contribution < 1.29 is 4.79 Å². The number of ketones is 1. The summed E-state index contributed by atoms with van der Waals surface area (Å²) in [6.45, 7) is 5.54. The molecule has 0 aliphatic heterocycles. The van der Waals surface area contributed by atoms with Crippen molar-refractivity contribution in [3.63, 3.8) is 0 Å². The van der Waals surface area contributed by atoms with Crippen molar-refractivity contribution in [1.29, 1.82) is 0 Å². The van der Waals surface area contributed by atoms with E-state index in [2.05, 4.69) is 20.9 Å². The molecular weight excluding hydrogens is 256 g/mol. The Bertz CT molecular complexity index is 557. The van der Waals surface area contributed by atoms with E-state index >= 15 is 0 Å². The average molecular weight is 267 g/mol. The first kappa shape index (κ1) is 10.4. The molecule has 0 aliphatic rings. The lowest BCUT2D eigenvalue weighted by molar-refractivity contribution is 0.101. The smallest absolute Gasteiger partial charge is 0.178 e. The quantitative estimate of drug-likeness (QED) is 0.744. The number of carbonyl (C=O) groups excluding carboxylic acids is 1. The zero-order valence-electron chi connectivity index (χ0n) is 8.84. The Morgan fingerprint density at radius 2 is 2.13 bits per heavy atom. The second-order valence-electron chi connectivity index (χ2n) is 3.62. The molecule has 0 unspecified atom stereocenters. The van der Waals surface area contributed by atoms with E-state index in [4.69, 9.17) is 0 Å². The maximum Gasteiger partial charge on any atom is 0.178 e. The molecule has 78 valence electrons. The number of rotatable bonds is 1. The topological polar surface area (TPSA) is 34.4 Å². The zero-order chi connectivity index (χ0) is 11.2. The van der Waals surface area contributed by atoms with Crippen LogP contribution in [0.2, 0.25) is 0 Å². The molecule has 0 saturated carbocycles. The second-order valence-corrected chi connectivity index (χ2v) is 4.41. The van der Waals surface area contributed by atoms with Crippen LogP contribution in [0.4, 0.5) is 0 Å². The molecule has 0 saturated heterocycles. The van der Waals surface area contributed by atoms with Gasteiger partial charge in [-0.15, -0.1) is 0 Å². The van der Waals surface area contributed by atoms with E-state index < -0.39 is 0 Å². The molecule has 15 heavy (non-hydrogen) atoms. The van der Waals surface area contributed by atoms with Gasteiger partial charge in [0.25, 0.3) is 0 Å². The van der Waals surface area contributed by atoms with Gasteiger partial charge in [0.05, 0.1) is 6.20 Å².